The fourth-order valence-electron chi connectivity index (χ4n) is 4.47. The second-order valence-electron chi connectivity index (χ2n) is 7.85. The molecule has 2 aromatic heterocycles. The van der Waals surface area contributed by atoms with Gasteiger partial charge in [0, 0.05) is 36.3 Å². The number of pyridine rings is 1. The second-order valence-corrected chi connectivity index (χ2v) is 8.67. The summed E-state index contributed by atoms with van der Waals surface area (Å²) in [6.07, 6.45) is 6.21. The van der Waals surface area contributed by atoms with Crippen LogP contribution in [0.1, 0.15) is 36.3 Å². The van der Waals surface area contributed by atoms with Gasteiger partial charge in [0.2, 0.25) is 0 Å². The quantitative estimate of drug-likeness (QED) is 0.549. The van der Waals surface area contributed by atoms with E-state index in [0.717, 1.165) is 37.4 Å². The average molecular weight is 455 g/mol. The van der Waals surface area contributed by atoms with Gasteiger partial charge in [-0.3, -0.25) is 4.98 Å². The van der Waals surface area contributed by atoms with Crippen LogP contribution < -0.4 is 10.2 Å². The summed E-state index contributed by atoms with van der Waals surface area (Å²) in [5.74, 6) is 0.123. The molecule has 0 spiro atoms. The number of thiocarbonyl (C=S) groups is 1. The van der Waals surface area contributed by atoms with Crippen LogP contribution in [0.2, 0.25) is 5.02 Å². The van der Waals surface area contributed by atoms with E-state index in [-0.39, 0.29) is 23.9 Å². The van der Waals surface area contributed by atoms with Gasteiger partial charge < -0.3 is 24.6 Å². The van der Waals surface area contributed by atoms with E-state index in [1.807, 2.05) is 29.2 Å². The summed E-state index contributed by atoms with van der Waals surface area (Å²) in [5, 5.41) is 15.1. The Morgan fingerprint density at radius 2 is 2.13 bits per heavy atom. The van der Waals surface area contributed by atoms with Gasteiger partial charge in [-0.2, -0.15) is 0 Å². The van der Waals surface area contributed by atoms with Crippen LogP contribution in [0.5, 0.6) is 5.75 Å². The molecule has 6 nitrogen and oxygen atoms in total. The number of benzene rings is 1. The van der Waals surface area contributed by atoms with Crippen LogP contribution in [0, 0.1) is 0 Å². The van der Waals surface area contributed by atoms with E-state index in [1.165, 1.54) is 0 Å². The normalized spacial score (nSPS) is 23.3. The molecule has 8 heteroatoms. The van der Waals surface area contributed by atoms with Gasteiger partial charge in [-0.25, -0.2) is 0 Å². The molecule has 4 heterocycles. The van der Waals surface area contributed by atoms with Crippen molar-refractivity contribution in [1.82, 2.24) is 14.9 Å². The first-order valence-corrected chi connectivity index (χ1v) is 11.2. The SMILES string of the molecule is Oc1ccc(Cl)cc1N1C(=S)N[C@H](c2ccccn2)[C@@H]1c1cccn1C[C@H]1CCCO1. The van der Waals surface area contributed by atoms with E-state index in [9.17, 15) is 5.11 Å². The molecule has 31 heavy (non-hydrogen) atoms. The van der Waals surface area contributed by atoms with Gasteiger partial charge in [0.05, 0.1) is 23.5 Å². The molecule has 5 rings (SSSR count). The Bertz CT molecular complexity index is 1080. The molecule has 0 saturated carbocycles. The molecule has 0 radical (unpaired) electrons. The van der Waals surface area contributed by atoms with E-state index in [0.29, 0.717) is 15.8 Å². The van der Waals surface area contributed by atoms with Gasteiger partial charge >= 0.3 is 0 Å². The maximum absolute atomic E-state index is 10.7. The van der Waals surface area contributed by atoms with Crippen molar-refractivity contribution in [2.24, 2.45) is 0 Å². The van der Waals surface area contributed by atoms with Gasteiger partial charge in [-0.05, 0) is 67.5 Å². The summed E-state index contributed by atoms with van der Waals surface area (Å²) in [4.78, 5) is 6.53. The van der Waals surface area contributed by atoms with Crippen LogP contribution in [0.25, 0.3) is 0 Å². The van der Waals surface area contributed by atoms with Gasteiger partial charge in [0.1, 0.15) is 11.8 Å². The first kappa shape index (κ1) is 20.3. The predicted molar refractivity (Wildman–Crippen MR) is 124 cm³/mol. The average Bonchev–Trinajstić information content (AvgIpc) is 3.51. The van der Waals surface area contributed by atoms with Crippen molar-refractivity contribution in [3.63, 3.8) is 0 Å². The summed E-state index contributed by atoms with van der Waals surface area (Å²) in [7, 11) is 0. The van der Waals surface area contributed by atoms with Crippen LogP contribution in [0.15, 0.2) is 60.9 Å². The lowest BCUT2D eigenvalue weighted by atomic mass is 10.0. The molecule has 2 fully saturated rings. The Morgan fingerprint density at radius 3 is 2.90 bits per heavy atom. The number of aromatic nitrogens is 2. The first-order valence-electron chi connectivity index (χ1n) is 10.4. The van der Waals surface area contributed by atoms with Crippen LogP contribution in [-0.2, 0) is 11.3 Å². The third-order valence-corrected chi connectivity index (χ3v) is 6.44. The Kier molecular flexibility index (Phi) is 5.56. The summed E-state index contributed by atoms with van der Waals surface area (Å²) < 4.78 is 8.10. The number of phenols is 1. The number of ether oxygens (including phenoxy) is 1. The highest BCUT2D eigenvalue weighted by Crippen LogP contribution is 2.45. The molecule has 2 aliphatic heterocycles. The Labute approximate surface area is 191 Å². The van der Waals surface area contributed by atoms with Crippen LogP contribution >= 0.6 is 23.8 Å². The molecule has 2 aliphatic rings. The largest absolute Gasteiger partial charge is 0.506 e. The van der Waals surface area contributed by atoms with Crippen molar-refractivity contribution >= 4 is 34.6 Å². The number of nitrogens with one attached hydrogen (secondary N) is 1. The van der Waals surface area contributed by atoms with Gasteiger partial charge in [-0.15, -0.1) is 0 Å². The van der Waals surface area contributed by atoms with Gasteiger partial charge in [0.25, 0.3) is 0 Å². The Morgan fingerprint density at radius 1 is 1.23 bits per heavy atom. The number of hydrogen-bond acceptors (Lipinski definition) is 4. The first-order chi connectivity index (χ1) is 15.1. The lowest BCUT2D eigenvalue weighted by Gasteiger charge is -2.30. The lowest BCUT2D eigenvalue weighted by molar-refractivity contribution is 0.0961. The minimum atomic E-state index is -0.219. The summed E-state index contributed by atoms with van der Waals surface area (Å²) in [5.41, 5.74) is 2.51. The summed E-state index contributed by atoms with van der Waals surface area (Å²) in [6.45, 7) is 1.59. The van der Waals surface area contributed by atoms with Crippen LogP contribution in [-0.4, -0.2) is 32.5 Å². The predicted octanol–water partition coefficient (Wildman–Crippen LogP) is 4.60. The number of hydrogen-bond donors (Lipinski definition) is 2. The topological polar surface area (TPSA) is 62.5 Å². The van der Waals surface area contributed by atoms with Crippen molar-refractivity contribution in [3.05, 3.63) is 77.3 Å². The number of phenolic OH excluding ortho intramolecular Hbond substituents is 1. The number of nitrogens with zero attached hydrogens (tertiary/aromatic N) is 3. The molecular formula is C23H23ClN4O2S. The lowest BCUT2D eigenvalue weighted by Crippen LogP contribution is -2.31. The summed E-state index contributed by atoms with van der Waals surface area (Å²) in [6, 6.07) is 14.6. The molecular weight excluding hydrogens is 432 g/mol. The highest BCUT2D eigenvalue weighted by Gasteiger charge is 2.43. The highest BCUT2D eigenvalue weighted by molar-refractivity contribution is 7.80. The molecule has 0 aliphatic carbocycles. The van der Waals surface area contributed by atoms with E-state index in [1.54, 1.807) is 24.4 Å². The zero-order valence-corrected chi connectivity index (χ0v) is 18.4. The number of aromatic hydroxyl groups is 1. The van der Waals surface area contributed by atoms with E-state index < -0.39 is 0 Å². The molecule has 0 unspecified atom stereocenters. The maximum Gasteiger partial charge on any atom is 0.174 e. The smallest absolute Gasteiger partial charge is 0.174 e. The second kappa shape index (κ2) is 8.49. The molecule has 160 valence electrons. The van der Waals surface area contributed by atoms with Crippen molar-refractivity contribution in [1.29, 1.82) is 0 Å². The fourth-order valence-corrected chi connectivity index (χ4v) is 4.98. The number of halogens is 1. The zero-order chi connectivity index (χ0) is 21.4. The van der Waals surface area contributed by atoms with Gasteiger partial charge in [0.15, 0.2) is 5.11 Å². The minimum Gasteiger partial charge on any atom is -0.506 e. The highest BCUT2D eigenvalue weighted by atomic mass is 35.5. The molecule has 2 saturated heterocycles. The number of anilines is 1. The molecule has 3 aromatic rings. The van der Waals surface area contributed by atoms with Gasteiger partial charge in [-0.1, -0.05) is 17.7 Å². The third-order valence-electron chi connectivity index (χ3n) is 5.89. The molecule has 0 bridgehead atoms. The van der Waals surface area contributed by atoms with Crippen LogP contribution in [0.4, 0.5) is 5.69 Å². The maximum atomic E-state index is 10.7. The monoisotopic (exact) mass is 454 g/mol. The third kappa shape index (κ3) is 3.89. The van der Waals surface area contributed by atoms with E-state index in [2.05, 4.69) is 27.1 Å². The van der Waals surface area contributed by atoms with Crippen molar-refractivity contribution < 1.29 is 9.84 Å². The minimum absolute atomic E-state index is 0.123. The Balaban J connectivity index is 1.60. The molecule has 0 amide bonds. The van der Waals surface area contributed by atoms with E-state index in [4.69, 9.17) is 28.6 Å². The van der Waals surface area contributed by atoms with Crippen molar-refractivity contribution in [2.75, 3.05) is 11.5 Å². The standard InChI is InChI=1S/C23H23ClN4O2S/c24-15-8-9-20(29)19(13-15)28-22(21(26-23(28)31)17-6-1-2-10-25-17)18-7-3-11-27(18)14-16-5-4-12-30-16/h1-3,6-11,13,16,21-22,29H,4-5,12,14H2,(H,26,31)/t16-,21-,22+/m1/s1. The van der Waals surface area contributed by atoms with Crippen molar-refractivity contribution in [2.45, 2.75) is 37.6 Å². The molecule has 1 aromatic carbocycles. The Hall–Kier alpha value is -2.61. The fraction of sp³-hybridized carbons (Fsp3) is 0.304. The molecule has 3 atom stereocenters. The number of rotatable bonds is 5. The van der Waals surface area contributed by atoms with E-state index >= 15 is 0 Å². The summed E-state index contributed by atoms with van der Waals surface area (Å²) >= 11 is 12.0. The van der Waals surface area contributed by atoms with Crippen molar-refractivity contribution in [3.8, 4) is 5.75 Å². The molecule has 2 N–H and O–H groups in total. The van der Waals surface area contributed by atoms with Crippen LogP contribution in [0.3, 0.4) is 0 Å². The zero-order valence-electron chi connectivity index (χ0n) is 16.8.